The number of nitriles is 1. The van der Waals surface area contributed by atoms with Crippen molar-refractivity contribution in [2.45, 2.75) is 6.61 Å². The average molecular weight is 433 g/mol. The van der Waals surface area contributed by atoms with Crippen LogP contribution >= 0.6 is 11.6 Å². The Morgan fingerprint density at radius 3 is 2.55 bits per heavy atom. The van der Waals surface area contributed by atoms with Crippen LogP contribution in [0.5, 0.6) is 5.75 Å². The first kappa shape index (κ1) is 21.6. The number of hydrogen-bond donors (Lipinski definition) is 2. The van der Waals surface area contributed by atoms with E-state index in [-0.39, 0.29) is 0 Å². The highest BCUT2D eigenvalue weighted by Gasteiger charge is 2.12. The Labute approximate surface area is 183 Å². The molecule has 0 unspecified atom stereocenters. The highest BCUT2D eigenvalue weighted by molar-refractivity contribution is 6.39. The maximum Gasteiger partial charge on any atom is 0.329 e. The summed E-state index contributed by atoms with van der Waals surface area (Å²) >= 11 is 6.12. The molecule has 3 aromatic carbocycles. The fourth-order valence-electron chi connectivity index (χ4n) is 2.49. The van der Waals surface area contributed by atoms with Crippen LogP contribution in [0.25, 0.3) is 0 Å². The predicted octanol–water partition coefficient (Wildman–Crippen LogP) is 3.88. The number of nitrogens with zero attached hydrogens (tertiary/aromatic N) is 2. The van der Waals surface area contributed by atoms with Gasteiger partial charge in [0.1, 0.15) is 12.4 Å². The molecule has 2 N–H and O–H groups in total. The second-order valence-electron chi connectivity index (χ2n) is 6.29. The lowest BCUT2D eigenvalue weighted by atomic mass is 10.2. The van der Waals surface area contributed by atoms with Crippen molar-refractivity contribution >= 4 is 35.3 Å². The van der Waals surface area contributed by atoms with Gasteiger partial charge in [0, 0.05) is 16.3 Å². The van der Waals surface area contributed by atoms with Crippen molar-refractivity contribution in [3.8, 4) is 11.8 Å². The van der Waals surface area contributed by atoms with E-state index in [0.717, 1.165) is 5.56 Å². The smallest absolute Gasteiger partial charge is 0.329 e. The Morgan fingerprint density at radius 2 is 1.81 bits per heavy atom. The summed E-state index contributed by atoms with van der Waals surface area (Å²) in [6.45, 7) is 0.312. The summed E-state index contributed by atoms with van der Waals surface area (Å²) in [5, 5.41) is 15.6. The van der Waals surface area contributed by atoms with Gasteiger partial charge < -0.3 is 10.1 Å². The molecule has 0 spiro atoms. The highest BCUT2D eigenvalue weighted by atomic mass is 35.5. The molecule has 2 amide bonds. The van der Waals surface area contributed by atoms with E-state index in [2.05, 4.69) is 15.8 Å². The molecule has 0 bridgehead atoms. The van der Waals surface area contributed by atoms with E-state index in [4.69, 9.17) is 21.6 Å². The van der Waals surface area contributed by atoms with Gasteiger partial charge in [0.05, 0.1) is 17.8 Å². The molecular formula is C23H17ClN4O3. The number of rotatable bonds is 6. The maximum absolute atomic E-state index is 11.9. The molecule has 0 heterocycles. The van der Waals surface area contributed by atoms with Gasteiger partial charge in [-0.3, -0.25) is 9.59 Å². The molecule has 3 aromatic rings. The third-order valence-corrected chi connectivity index (χ3v) is 4.44. The number of hydrazone groups is 1. The van der Waals surface area contributed by atoms with Crippen LogP contribution < -0.4 is 15.5 Å². The van der Waals surface area contributed by atoms with Gasteiger partial charge in [-0.25, -0.2) is 5.43 Å². The number of hydrogen-bond acceptors (Lipinski definition) is 5. The van der Waals surface area contributed by atoms with Crippen LogP contribution in [0.1, 0.15) is 16.7 Å². The number of benzene rings is 3. The van der Waals surface area contributed by atoms with Gasteiger partial charge in [0.2, 0.25) is 0 Å². The van der Waals surface area contributed by atoms with Crippen LogP contribution in [-0.2, 0) is 16.2 Å². The quantitative estimate of drug-likeness (QED) is 0.350. The molecule has 0 aliphatic carbocycles. The lowest BCUT2D eigenvalue weighted by molar-refractivity contribution is -0.136. The molecule has 0 aromatic heterocycles. The SMILES string of the molecule is N#Cc1ccc(NC(=O)C(=O)N/N=C/c2cccc(OCc3ccccc3Cl)c2)cc1. The maximum atomic E-state index is 11.9. The molecule has 0 aliphatic heterocycles. The van der Waals surface area contributed by atoms with Crippen molar-refractivity contribution in [1.29, 1.82) is 5.26 Å². The topological polar surface area (TPSA) is 104 Å². The summed E-state index contributed by atoms with van der Waals surface area (Å²) in [5.74, 6) is -1.20. The van der Waals surface area contributed by atoms with E-state index >= 15 is 0 Å². The zero-order chi connectivity index (χ0) is 22.1. The first-order valence-corrected chi connectivity index (χ1v) is 9.54. The summed E-state index contributed by atoms with van der Waals surface area (Å²) in [5.41, 5.74) is 4.55. The van der Waals surface area contributed by atoms with Gasteiger partial charge >= 0.3 is 11.8 Å². The van der Waals surface area contributed by atoms with Crippen molar-refractivity contribution in [2.24, 2.45) is 5.10 Å². The molecule has 3 rings (SSSR count). The van der Waals surface area contributed by atoms with Gasteiger partial charge in [-0.1, -0.05) is 41.9 Å². The zero-order valence-electron chi connectivity index (χ0n) is 16.2. The summed E-state index contributed by atoms with van der Waals surface area (Å²) < 4.78 is 5.74. The number of carbonyl (C=O) groups is 2. The van der Waals surface area contributed by atoms with Crippen LogP contribution in [0.3, 0.4) is 0 Å². The molecule has 0 radical (unpaired) electrons. The minimum Gasteiger partial charge on any atom is -0.489 e. The third kappa shape index (κ3) is 6.42. The Bertz CT molecular complexity index is 1150. The summed E-state index contributed by atoms with van der Waals surface area (Å²) in [4.78, 5) is 23.8. The van der Waals surface area contributed by atoms with Crippen LogP contribution in [-0.4, -0.2) is 18.0 Å². The molecule has 0 aliphatic rings. The Morgan fingerprint density at radius 1 is 1.03 bits per heavy atom. The van der Waals surface area contributed by atoms with Crippen molar-refractivity contribution < 1.29 is 14.3 Å². The largest absolute Gasteiger partial charge is 0.489 e. The third-order valence-electron chi connectivity index (χ3n) is 4.07. The van der Waals surface area contributed by atoms with E-state index in [9.17, 15) is 9.59 Å². The Hall–Kier alpha value is -4.15. The van der Waals surface area contributed by atoms with Crippen molar-refractivity contribution in [1.82, 2.24) is 5.43 Å². The molecule has 0 saturated heterocycles. The fourth-order valence-corrected chi connectivity index (χ4v) is 2.68. The standard InChI is InChI=1S/C23H17ClN4O3/c24-21-7-2-1-5-18(21)15-31-20-6-3-4-17(12-20)14-26-28-23(30)22(29)27-19-10-8-16(13-25)9-11-19/h1-12,14H,15H2,(H,27,29)(H,28,30)/b26-14+. The van der Waals surface area contributed by atoms with Gasteiger partial charge in [-0.05, 0) is 48.0 Å². The second-order valence-corrected chi connectivity index (χ2v) is 6.70. The van der Waals surface area contributed by atoms with Crippen LogP contribution in [0.15, 0.2) is 77.9 Å². The lowest BCUT2D eigenvalue weighted by Gasteiger charge is -2.08. The fraction of sp³-hybridized carbons (Fsp3) is 0.0435. The number of ether oxygens (including phenoxy) is 1. The van der Waals surface area contributed by atoms with Crippen molar-refractivity contribution in [2.75, 3.05) is 5.32 Å². The second kappa shape index (κ2) is 10.6. The highest BCUT2D eigenvalue weighted by Crippen LogP contribution is 2.19. The first-order valence-electron chi connectivity index (χ1n) is 9.16. The summed E-state index contributed by atoms with van der Waals surface area (Å²) in [6, 6.07) is 22.6. The van der Waals surface area contributed by atoms with Crippen LogP contribution in [0, 0.1) is 11.3 Å². The van der Waals surface area contributed by atoms with Gasteiger partial charge in [-0.2, -0.15) is 10.4 Å². The Balaban J connectivity index is 1.52. The average Bonchev–Trinajstić information content (AvgIpc) is 2.79. The minimum atomic E-state index is -0.924. The van der Waals surface area contributed by atoms with Gasteiger partial charge in [-0.15, -0.1) is 0 Å². The monoisotopic (exact) mass is 432 g/mol. The van der Waals surface area contributed by atoms with Gasteiger partial charge in [0.15, 0.2) is 0 Å². The van der Waals surface area contributed by atoms with Crippen molar-refractivity contribution in [3.05, 3.63) is 94.5 Å². The molecule has 31 heavy (non-hydrogen) atoms. The normalized spacial score (nSPS) is 10.3. The number of anilines is 1. The van der Waals surface area contributed by atoms with E-state index in [1.807, 2.05) is 24.3 Å². The number of amides is 2. The van der Waals surface area contributed by atoms with Crippen LogP contribution in [0.4, 0.5) is 5.69 Å². The predicted molar refractivity (Wildman–Crippen MR) is 118 cm³/mol. The summed E-state index contributed by atoms with van der Waals surface area (Å²) in [7, 11) is 0. The molecule has 0 saturated carbocycles. The lowest BCUT2D eigenvalue weighted by Crippen LogP contribution is -2.32. The van der Waals surface area contributed by atoms with Crippen LogP contribution in [0.2, 0.25) is 5.02 Å². The minimum absolute atomic E-state index is 0.312. The molecule has 8 heteroatoms. The van der Waals surface area contributed by atoms with E-state index < -0.39 is 11.8 Å². The zero-order valence-corrected chi connectivity index (χ0v) is 17.0. The van der Waals surface area contributed by atoms with E-state index in [1.54, 1.807) is 30.3 Å². The molecule has 154 valence electrons. The van der Waals surface area contributed by atoms with Gasteiger partial charge in [0.25, 0.3) is 0 Å². The first-order chi connectivity index (χ1) is 15.0. The molecule has 0 fully saturated rings. The van der Waals surface area contributed by atoms with E-state index in [1.165, 1.54) is 30.5 Å². The molecule has 7 nitrogen and oxygen atoms in total. The Kier molecular flexibility index (Phi) is 7.35. The molecular weight excluding hydrogens is 416 g/mol. The van der Waals surface area contributed by atoms with E-state index in [0.29, 0.717) is 34.2 Å². The van der Waals surface area contributed by atoms with Crippen molar-refractivity contribution in [3.63, 3.8) is 0 Å². The summed E-state index contributed by atoms with van der Waals surface area (Å²) in [6.07, 6.45) is 1.40. The number of nitrogens with one attached hydrogen (secondary N) is 2. The number of halogens is 1. The molecule has 0 atom stereocenters. The number of carbonyl (C=O) groups excluding carboxylic acids is 2.